The van der Waals surface area contributed by atoms with Gasteiger partial charge in [-0.1, -0.05) is 0 Å². The lowest BCUT2D eigenvalue weighted by Gasteiger charge is -2.06. The van der Waals surface area contributed by atoms with Gasteiger partial charge in [-0.15, -0.1) is 0 Å². The number of aromatic nitrogens is 1. The van der Waals surface area contributed by atoms with Crippen molar-refractivity contribution < 1.29 is 13.9 Å². The van der Waals surface area contributed by atoms with Gasteiger partial charge in [-0.25, -0.2) is 4.98 Å². The first-order valence-corrected chi connectivity index (χ1v) is 6.79. The van der Waals surface area contributed by atoms with Gasteiger partial charge in [0.1, 0.15) is 11.5 Å². The Morgan fingerprint density at radius 1 is 1.38 bits per heavy atom. The lowest BCUT2D eigenvalue weighted by Crippen LogP contribution is -2.26. The number of ether oxygens (including phenoxy) is 1. The number of carbonyl (C=O) groups is 1. The summed E-state index contributed by atoms with van der Waals surface area (Å²) in [5.41, 5.74) is 1.23. The standard InChI is InChI=1S/C15H19N3O3/c1-20-8-3-7-16-15(19)14-6-5-12(10-18-14)17-11-13-4-2-9-21-13/h2,4-6,9-10,17H,3,7-8,11H2,1H3,(H,16,19). The summed E-state index contributed by atoms with van der Waals surface area (Å²) < 4.78 is 10.1. The van der Waals surface area contributed by atoms with Crippen LogP contribution in [0.25, 0.3) is 0 Å². The molecule has 2 N–H and O–H groups in total. The van der Waals surface area contributed by atoms with Crippen LogP contribution in [0.1, 0.15) is 22.7 Å². The second-order valence-electron chi connectivity index (χ2n) is 4.47. The van der Waals surface area contributed by atoms with Gasteiger partial charge in [0, 0.05) is 20.3 Å². The number of anilines is 1. The quantitative estimate of drug-likeness (QED) is 0.727. The van der Waals surface area contributed by atoms with Gasteiger partial charge in [-0.2, -0.15) is 0 Å². The van der Waals surface area contributed by atoms with E-state index in [9.17, 15) is 4.79 Å². The molecule has 1 amide bonds. The molecule has 0 aliphatic carbocycles. The first-order chi connectivity index (χ1) is 10.3. The molecule has 0 aromatic carbocycles. The second kappa shape index (κ2) is 8.06. The van der Waals surface area contributed by atoms with Crippen LogP contribution in [0.5, 0.6) is 0 Å². The van der Waals surface area contributed by atoms with Crippen molar-refractivity contribution in [2.45, 2.75) is 13.0 Å². The predicted molar refractivity (Wildman–Crippen MR) is 79.1 cm³/mol. The van der Waals surface area contributed by atoms with E-state index in [0.717, 1.165) is 17.9 Å². The maximum absolute atomic E-state index is 11.8. The van der Waals surface area contributed by atoms with E-state index < -0.39 is 0 Å². The molecule has 0 atom stereocenters. The van der Waals surface area contributed by atoms with Crippen molar-refractivity contribution in [2.24, 2.45) is 0 Å². The Balaban J connectivity index is 1.79. The van der Waals surface area contributed by atoms with Crippen LogP contribution in [0, 0.1) is 0 Å². The number of rotatable bonds is 8. The van der Waals surface area contributed by atoms with Crippen molar-refractivity contribution in [3.05, 3.63) is 48.2 Å². The number of furan rings is 1. The predicted octanol–water partition coefficient (Wildman–Crippen LogP) is 2.05. The van der Waals surface area contributed by atoms with Crippen LogP contribution in [0.4, 0.5) is 5.69 Å². The van der Waals surface area contributed by atoms with Gasteiger partial charge in [0.2, 0.25) is 0 Å². The number of nitrogens with zero attached hydrogens (tertiary/aromatic N) is 1. The summed E-state index contributed by atoms with van der Waals surface area (Å²) >= 11 is 0. The van der Waals surface area contributed by atoms with Gasteiger partial charge in [0.05, 0.1) is 24.7 Å². The molecule has 0 aliphatic rings. The SMILES string of the molecule is COCCCNC(=O)c1ccc(NCc2ccco2)cn1. The summed E-state index contributed by atoms with van der Waals surface area (Å²) in [4.78, 5) is 16.0. The number of carbonyl (C=O) groups excluding carboxylic acids is 1. The molecule has 0 spiro atoms. The largest absolute Gasteiger partial charge is 0.467 e. The number of amides is 1. The number of methoxy groups -OCH3 is 1. The van der Waals surface area contributed by atoms with E-state index in [0.29, 0.717) is 25.4 Å². The van der Waals surface area contributed by atoms with Crippen molar-refractivity contribution in [3.8, 4) is 0 Å². The molecule has 2 aromatic rings. The third-order valence-electron chi connectivity index (χ3n) is 2.85. The first kappa shape index (κ1) is 15.1. The average molecular weight is 289 g/mol. The van der Waals surface area contributed by atoms with Crippen molar-refractivity contribution in [3.63, 3.8) is 0 Å². The fourth-order valence-electron chi connectivity index (χ4n) is 1.74. The van der Waals surface area contributed by atoms with Crippen molar-refractivity contribution >= 4 is 11.6 Å². The van der Waals surface area contributed by atoms with Crippen molar-refractivity contribution in [1.29, 1.82) is 0 Å². The lowest BCUT2D eigenvalue weighted by molar-refractivity contribution is 0.0943. The molecule has 0 fully saturated rings. The number of pyridine rings is 1. The molecular formula is C15H19N3O3. The number of hydrogen-bond donors (Lipinski definition) is 2. The fraction of sp³-hybridized carbons (Fsp3) is 0.333. The minimum Gasteiger partial charge on any atom is -0.467 e. The van der Waals surface area contributed by atoms with E-state index in [1.54, 1.807) is 25.6 Å². The molecule has 2 rings (SSSR count). The van der Waals surface area contributed by atoms with Crippen LogP contribution in [-0.2, 0) is 11.3 Å². The Morgan fingerprint density at radius 3 is 2.95 bits per heavy atom. The topological polar surface area (TPSA) is 76.4 Å². The molecule has 6 nitrogen and oxygen atoms in total. The third-order valence-corrected chi connectivity index (χ3v) is 2.85. The molecule has 0 aliphatic heterocycles. The molecule has 0 radical (unpaired) electrons. The van der Waals surface area contributed by atoms with Gasteiger partial charge in [0.25, 0.3) is 5.91 Å². The summed E-state index contributed by atoms with van der Waals surface area (Å²) in [6, 6.07) is 7.24. The average Bonchev–Trinajstić information content (AvgIpc) is 3.03. The minimum atomic E-state index is -0.177. The fourth-order valence-corrected chi connectivity index (χ4v) is 1.74. The Morgan fingerprint density at radius 2 is 2.29 bits per heavy atom. The van der Waals surface area contributed by atoms with E-state index in [2.05, 4.69) is 15.6 Å². The molecule has 2 aromatic heterocycles. The third kappa shape index (κ3) is 4.92. The van der Waals surface area contributed by atoms with E-state index >= 15 is 0 Å². The highest BCUT2D eigenvalue weighted by Gasteiger charge is 2.06. The number of hydrogen-bond acceptors (Lipinski definition) is 5. The Bertz CT molecular complexity index is 538. The molecular weight excluding hydrogens is 270 g/mol. The zero-order valence-electron chi connectivity index (χ0n) is 12.0. The Hall–Kier alpha value is -2.34. The highest BCUT2D eigenvalue weighted by Crippen LogP contribution is 2.09. The summed E-state index contributed by atoms with van der Waals surface area (Å²) in [5, 5.41) is 5.96. The first-order valence-electron chi connectivity index (χ1n) is 6.79. The molecule has 21 heavy (non-hydrogen) atoms. The Labute approximate surface area is 123 Å². The molecule has 0 saturated carbocycles. The Kier molecular flexibility index (Phi) is 5.78. The molecule has 112 valence electrons. The van der Waals surface area contributed by atoms with Crippen LogP contribution in [0.3, 0.4) is 0 Å². The van der Waals surface area contributed by atoms with Crippen LogP contribution in [-0.4, -0.2) is 31.2 Å². The summed E-state index contributed by atoms with van der Waals surface area (Å²) in [7, 11) is 1.64. The molecule has 0 unspecified atom stereocenters. The van der Waals surface area contributed by atoms with Crippen molar-refractivity contribution in [1.82, 2.24) is 10.3 Å². The number of nitrogens with one attached hydrogen (secondary N) is 2. The summed E-state index contributed by atoms with van der Waals surface area (Å²) in [6.07, 6.45) is 4.05. The van der Waals surface area contributed by atoms with Gasteiger partial charge >= 0.3 is 0 Å². The van der Waals surface area contributed by atoms with Gasteiger partial charge in [0.15, 0.2) is 0 Å². The van der Waals surface area contributed by atoms with Crippen LogP contribution in [0.15, 0.2) is 41.1 Å². The lowest BCUT2D eigenvalue weighted by atomic mass is 10.3. The maximum Gasteiger partial charge on any atom is 0.269 e. The van der Waals surface area contributed by atoms with Gasteiger partial charge in [-0.3, -0.25) is 4.79 Å². The molecule has 6 heteroatoms. The van der Waals surface area contributed by atoms with Crippen molar-refractivity contribution in [2.75, 3.05) is 25.6 Å². The normalized spacial score (nSPS) is 10.3. The minimum absolute atomic E-state index is 0.177. The van der Waals surface area contributed by atoms with Crippen LogP contribution >= 0.6 is 0 Å². The van der Waals surface area contributed by atoms with E-state index in [4.69, 9.17) is 9.15 Å². The molecule has 2 heterocycles. The molecule has 0 saturated heterocycles. The van der Waals surface area contributed by atoms with E-state index in [1.165, 1.54) is 0 Å². The maximum atomic E-state index is 11.8. The monoisotopic (exact) mass is 289 g/mol. The van der Waals surface area contributed by atoms with Gasteiger partial charge in [-0.05, 0) is 30.7 Å². The second-order valence-corrected chi connectivity index (χ2v) is 4.47. The highest BCUT2D eigenvalue weighted by atomic mass is 16.5. The smallest absolute Gasteiger partial charge is 0.269 e. The van der Waals surface area contributed by atoms with Crippen LogP contribution in [0.2, 0.25) is 0 Å². The van der Waals surface area contributed by atoms with E-state index in [1.807, 2.05) is 18.2 Å². The zero-order valence-corrected chi connectivity index (χ0v) is 12.0. The summed E-state index contributed by atoms with van der Waals surface area (Å²) in [6.45, 7) is 1.79. The zero-order chi connectivity index (χ0) is 14.9. The van der Waals surface area contributed by atoms with Crippen LogP contribution < -0.4 is 10.6 Å². The van der Waals surface area contributed by atoms with E-state index in [-0.39, 0.29) is 5.91 Å². The summed E-state index contributed by atoms with van der Waals surface area (Å²) in [5.74, 6) is 0.665. The van der Waals surface area contributed by atoms with Gasteiger partial charge < -0.3 is 19.8 Å². The molecule has 0 bridgehead atoms. The highest BCUT2D eigenvalue weighted by molar-refractivity contribution is 5.92.